The molecule has 0 aromatic heterocycles. The molecule has 1 nitrogen and oxygen atoms in total. The van der Waals surface area contributed by atoms with Gasteiger partial charge in [0.15, 0.2) is 0 Å². The quantitative estimate of drug-likeness (QED) is 0.725. The Morgan fingerprint density at radius 1 is 1.11 bits per heavy atom. The van der Waals surface area contributed by atoms with Gasteiger partial charge in [0.1, 0.15) is 0 Å². The first-order chi connectivity index (χ1) is 8.95. The van der Waals surface area contributed by atoms with E-state index in [1.165, 1.54) is 23.1 Å². The Hall–Kier alpha value is -1.08. The Bertz CT molecular complexity index is 393. The molecule has 0 heterocycles. The molecule has 106 valence electrons. The maximum absolute atomic E-state index is 3.43. The molecule has 0 atom stereocenters. The first kappa shape index (κ1) is 16.0. The molecule has 1 aromatic carbocycles. The number of allylic oxidation sites excluding steroid dienone is 1. The summed E-state index contributed by atoms with van der Waals surface area (Å²) in [5.41, 5.74) is 4.34. The Balaban J connectivity index is 2.57. The van der Waals surface area contributed by atoms with Crippen LogP contribution in [0.3, 0.4) is 0 Å². The molecule has 0 aliphatic carbocycles. The molecule has 1 rings (SSSR count). The minimum absolute atomic E-state index is 0.236. The Morgan fingerprint density at radius 2 is 1.74 bits per heavy atom. The fourth-order valence-electron chi connectivity index (χ4n) is 2.04. The van der Waals surface area contributed by atoms with Gasteiger partial charge in [0, 0.05) is 0 Å². The molecule has 0 spiro atoms. The molecule has 0 saturated carbocycles. The van der Waals surface area contributed by atoms with Crippen LogP contribution in [0.4, 0.5) is 0 Å². The number of benzene rings is 1. The zero-order chi connectivity index (χ0) is 14.3. The van der Waals surface area contributed by atoms with Crippen molar-refractivity contribution in [1.82, 2.24) is 5.32 Å². The molecule has 1 N–H and O–H groups in total. The van der Waals surface area contributed by atoms with Gasteiger partial charge < -0.3 is 5.32 Å². The van der Waals surface area contributed by atoms with E-state index in [-0.39, 0.29) is 5.41 Å². The molecule has 0 aliphatic heterocycles. The van der Waals surface area contributed by atoms with Crippen molar-refractivity contribution in [1.29, 1.82) is 0 Å². The summed E-state index contributed by atoms with van der Waals surface area (Å²) in [4.78, 5) is 0. The van der Waals surface area contributed by atoms with Crippen molar-refractivity contribution >= 4 is 5.57 Å². The van der Waals surface area contributed by atoms with Crippen LogP contribution in [0.5, 0.6) is 0 Å². The second kappa shape index (κ2) is 7.49. The molecule has 0 amide bonds. The van der Waals surface area contributed by atoms with Crippen molar-refractivity contribution < 1.29 is 0 Å². The fraction of sp³-hybridized carbons (Fsp3) is 0.556. The summed E-state index contributed by atoms with van der Waals surface area (Å²) in [6, 6.07) is 8.99. The monoisotopic (exact) mass is 259 g/mol. The minimum atomic E-state index is 0.236. The molecule has 19 heavy (non-hydrogen) atoms. The first-order valence-corrected chi connectivity index (χ1v) is 7.43. The lowest BCUT2D eigenvalue weighted by Crippen LogP contribution is -2.15. The van der Waals surface area contributed by atoms with Gasteiger partial charge in [-0.25, -0.2) is 0 Å². The molecule has 0 radical (unpaired) electrons. The van der Waals surface area contributed by atoms with E-state index in [0.717, 1.165) is 19.5 Å². The predicted molar refractivity (Wildman–Crippen MR) is 86.6 cm³/mol. The molecule has 0 fully saturated rings. The zero-order valence-corrected chi connectivity index (χ0v) is 13.2. The SMILES string of the molecule is CCCNCCC=C(C)c1ccc(C(C)(C)C)cc1. The van der Waals surface area contributed by atoms with Crippen LogP contribution >= 0.6 is 0 Å². The molecular formula is C18H29N. The lowest BCUT2D eigenvalue weighted by atomic mass is 9.86. The summed E-state index contributed by atoms with van der Waals surface area (Å²) in [5.74, 6) is 0. The maximum atomic E-state index is 3.43. The van der Waals surface area contributed by atoms with Crippen LogP contribution in [0.2, 0.25) is 0 Å². The average Bonchev–Trinajstić information content (AvgIpc) is 2.37. The maximum Gasteiger partial charge on any atom is -0.00141 e. The van der Waals surface area contributed by atoms with Crippen LogP contribution in [-0.4, -0.2) is 13.1 Å². The van der Waals surface area contributed by atoms with Gasteiger partial charge >= 0.3 is 0 Å². The Morgan fingerprint density at radius 3 is 2.26 bits per heavy atom. The number of hydrogen-bond acceptors (Lipinski definition) is 1. The van der Waals surface area contributed by atoms with Gasteiger partial charge in [0.05, 0.1) is 0 Å². The van der Waals surface area contributed by atoms with E-state index in [2.05, 4.69) is 70.3 Å². The second-order valence-electron chi connectivity index (χ2n) is 6.25. The van der Waals surface area contributed by atoms with E-state index in [1.54, 1.807) is 0 Å². The van der Waals surface area contributed by atoms with Crippen LogP contribution in [-0.2, 0) is 5.41 Å². The third kappa shape index (κ3) is 5.61. The lowest BCUT2D eigenvalue weighted by Gasteiger charge is -2.19. The third-order valence-corrected chi connectivity index (χ3v) is 3.40. The highest BCUT2D eigenvalue weighted by molar-refractivity contribution is 5.63. The topological polar surface area (TPSA) is 12.0 Å². The van der Waals surface area contributed by atoms with Gasteiger partial charge in [-0.15, -0.1) is 0 Å². The number of rotatable bonds is 6. The van der Waals surface area contributed by atoms with Gasteiger partial charge in [-0.2, -0.15) is 0 Å². The van der Waals surface area contributed by atoms with E-state index in [1.807, 2.05) is 0 Å². The minimum Gasteiger partial charge on any atom is -0.316 e. The van der Waals surface area contributed by atoms with Crippen molar-refractivity contribution in [3.63, 3.8) is 0 Å². The summed E-state index contributed by atoms with van der Waals surface area (Å²) in [7, 11) is 0. The largest absolute Gasteiger partial charge is 0.316 e. The van der Waals surface area contributed by atoms with Crippen molar-refractivity contribution in [2.45, 2.75) is 52.9 Å². The third-order valence-electron chi connectivity index (χ3n) is 3.40. The van der Waals surface area contributed by atoms with Crippen molar-refractivity contribution in [3.8, 4) is 0 Å². The van der Waals surface area contributed by atoms with Crippen molar-refractivity contribution in [2.24, 2.45) is 0 Å². The molecule has 0 unspecified atom stereocenters. The van der Waals surface area contributed by atoms with Crippen LogP contribution in [0, 0.1) is 0 Å². The number of hydrogen-bond donors (Lipinski definition) is 1. The summed E-state index contributed by atoms with van der Waals surface area (Å²) >= 11 is 0. The van der Waals surface area contributed by atoms with Gasteiger partial charge in [0.25, 0.3) is 0 Å². The van der Waals surface area contributed by atoms with Crippen LogP contribution in [0.1, 0.15) is 58.6 Å². The van der Waals surface area contributed by atoms with E-state index in [4.69, 9.17) is 0 Å². The predicted octanol–water partition coefficient (Wildman–Crippen LogP) is 4.78. The molecule has 0 bridgehead atoms. The van der Waals surface area contributed by atoms with E-state index in [9.17, 15) is 0 Å². The van der Waals surface area contributed by atoms with Gasteiger partial charge in [0.2, 0.25) is 0 Å². The van der Waals surface area contributed by atoms with Crippen molar-refractivity contribution in [2.75, 3.05) is 13.1 Å². The molecular weight excluding hydrogens is 230 g/mol. The van der Waals surface area contributed by atoms with Gasteiger partial charge in [-0.1, -0.05) is 58.0 Å². The normalized spacial score (nSPS) is 12.8. The highest BCUT2D eigenvalue weighted by Crippen LogP contribution is 2.24. The van der Waals surface area contributed by atoms with Crippen LogP contribution < -0.4 is 5.32 Å². The average molecular weight is 259 g/mol. The Labute approximate surface area is 119 Å². The Kier molecular flexibility index (Phi) is 6.30. The standard InChI is InChI=1S/C18H29N/c1-6-13-19-14-7-8-15(2)16-9-11-17(12-10-16)18(3,4)5/h8-12,19H,6-7,13-14H2,1-5H3. The van der Waals surface area contributed by atoms with E-state index in [0.29, 0.717) is 0 Å². The van der Waals surface area contributed by atoms with E-state index >= 15 is 0 Å². The second-order valence-corrected chi connectivity index (χ2v) is 6.25. The zero-order valence-electron chi connectivity index (χ0n) is 13.2. The smallest absolute Gasteiger partial charge is 0.00141 e. The summed E-state index contributed by atoms with van der Waals surface area (Å²) in [6.45, 7) is 13.4. The number of nitrogens with one attached hydrogen (secondary N) is 1. The van der Waals surface area contributed by atoms with Gasteiger partial charge in [-0.3, -0.25) is 0 Å². The molecule has 1 heteroatoms. The first-order valence-electron chi connectivity index (χ1n) is 7.43. The van der Waals surface area contributed by atoms with Crippen LogP contribution in [0.15, 0.2) is 30.3 Å². The summed E-state index contributed by atoms with van der Waals surface area (Å²) in [6.07, 6.45) is 4.64. The van der Waals surface area contributed by atoms with Gasteiger partial charge in [-0.05, 0) is 55.0 Å². The highest BCUT2D eigenvalue weighted by atomic mass is 14.8. The summed E-state index contributed by atoms with van der Waals surface area (Å²) < 4.78 is 0. The van der Waals surface area contributed by atoms with Crippen molar-refractivity contribution in [3.05, 3.63) is 41.5 Å². The summed E-state index contributed by atoms with van der Waals surface area (Å²) in [5, 5.41) is 3.43. The van der Waals surface area contributed by atoms with Crippen LogP contribution in [0.25, 0.3) is 5.57 Å². The fourth-order valence-corrected chi connectivity index (χ4v) is 2.04. The highest BCUT2D eigenvalue weighted by Gasteiger charge is 2.12. The lowest BCUT2D eigenvalue weighted by molar-refractivity contribution is 0.590. The van der Waals surface area contributed by atoms with E-state index < -0.39 is 0 Å². The molecule has 0 aliphatic rings. The molecule has 0 saturated heterocycles. The molecule has 1 aromatic rings.